The molecule has 1 aromatic rings. The number of sulfonamides is 1. The van der Waals surface area contributed by atoms with Gasteiger partial charge in [0.2, 0.25) is 10.0 Å². The average Bonchev–Trinajstić information content (AvgIpc) is 2.99. The predicted octanol–water partition coefficient (Wildman–Crippen LogP) is 0.472. The van der Waals surface area contributed by atoms with Gasteiger partial charge in [-0.2, -0.15) is 4.31 Å². The fourth-order valence-corrected chi connectivity index (χ4v) is 4.17. The van der Waals surface area contributed by atoms with E-state index in [1.54, 1.807) is 10.4 Å². The highest BCUT2D eigenvalue weighted by Crippen LogP contribution is 2.23. The lowest BCUT2D eigenvalue weighted by atomic mass is 10.2. The van der Waals surface area contributed by atoms with Crippen molar-refractivity contribution in [1.82, 2.24) is 14.2 Å². The molecule has 0 radical (unpaired) electrons. The van der Waals surface area contributed by atoms with Crippen LogP contribution in [0.15, 0.2) is 23.2 Å². The molecule has 1 saturated heterocycles. The zero-order valence-corrected chi connectivity index (χ0v) is 13.3. The molecule has 2 heterocycles. The first-order chi connectivity index (χ1) is 10.0. The normalized spacial score (nSPS) is 20.1. The third-order valence-corrected chi connectivity index (χ3v) is 5.83. The van der Waals surface area contributed by atoms with Gasteiger partial charge in [0.1, 0.15) is 10.7 Å². The van der Waals surface area contributed by atoms with Crippen LogP contribution in [0.4, 0.5) is 5.82 Å². The molecular weight excluding hydrogens is 290 g/mol. The molecule has 7 nitrogen and oxygen atoms in total. The van der Waals surface area contributed by atoms with Crippen LogP contribution in [-0.2, 0) is 10.0 Å². The number of likely N-dealkylation sites (N-methyl/N-ethyl adjacent to an activating group) is 1. The lowest BCUT2D eigenvalue weighted by molar-refractivity contribution is 0.224. The van der Waals surface area contributed by atoms with E-state index in [2.05, 4.69) is 29.2 Å². The van der Waals surface area contributed by atoms with Crippen molar-refractivity contribution in [2.45, 2.75) is 31.2 Å². The maximum Gasteiger partial charge on any atom is 0.244 e. The summed E-state index contributed by atoms with van der Waals surface area (Å²) < 4.78 is 26.7. The van der Waals surface area contributed by atoms with E-state index in [1.807, 2.05) is 0 Å². The highest BCUT2D eigenvalue weighted by Gasteiger charge is 2.34. The molecule has 1 fully saturated rings. The molecule has 3 N–H and O–H groups in total. The molecule has 8 heteroatoms. The van der Waals surface area contributed by atoms with E-state index in [-0.39, 0.29) is 4.90 Å². The summed E-state index contributed by atoms with van der Waals surface area (Å²) in [5, 5.41) is 0. The molecule has 118 valence electrons. The number of hydrazine groups is 1. The number of hydrogen-bond acceptors (Lipinski definition) is 6. The minimum absolute atomic E-state index is 0.210. The van der Waals surface area contributed by atoms with Crippen LogP contribution in [0.3, 0.4) is 0 Å². The van der Waals surface area contributed by atoms with Gasteiger partial charge in [-0.25, -0.2) is 19.2 Å². The summed E-state index contributed by atoms with van der Waals surface area (Å²) in [5.41, 5.74) is 2.39. The Kier molecular flexibility index (Phi) is 5.15. The van der Waals surface area contributed by atoms with Gasteiger partial charge in [0.25, 0.3) is 0 Å². The van der Waals surface area contributed by atoms with Gasteiger partial charge >= 0.3 is 0 Å². The van der Waals surface area contributed by atoms with E-state index in [0.717, 1.165) is 19.5 Å². The molecule has 0 saturated carbocycles. The summed E-state index contributed by atoms with van der Waals surface area (Å²) in [6.07, 6.45) is 2.21. The second-order valence-corrected chi connectivity index (χ2v) is 6.99. The first-order valence-electron chi connectivity index (χ1n) is 7.19. The topological polar surface area (TPSA) is 91.6 Å². The smallest absolute Gasteiger partial charge is 0.244 e. The zero-order chi connectivity index (χ0) is 15.5. The molecule has 21 heavy (non-hydrogen) atoms. The Morgan fingerprint density at radius 3 is 2.67 bits per heavy atom. The molecule has 1 unspecified atom stereocenters. The van der Waals surface area contributed by atoms with E-state index in [9.17, 15) is 8.42 Å². The van der Waals surface area contributed by atoms with Crippen LogP contribution in [0.5, 0.6) is 0 Å². The number of pyridine rings is 1. The first kappa shape index (κ1) is 16.2. The molecule has 0 spiro atoms. The number of nitrogens with one attached hydrogen (secondary N) is 1. The van der Waals surface area contributed by atoms with E-state index < -0.39 is 10.0 Å². The van der Waals surface area contributed by atoms with E-state index in [0.29, 0.717) is 24.9 Å². The van der Waals surface area contributed by atoms with Gasteiger partial charge in [-0.3, -0.25) is 4.90 Å². The molecular formula is C13H23N5O2S. The van der Waals surface area contributed by atoms with Gasteiger partial charge in [0, 0.05) is 25.3 Å². The fourth-order valence-electron chi connectivity index (χ4n) is 2.73. The SMILES string of the molecule is CCN(CC)C1CCN(S(=O)(=O)c2ccc(NN)nc2)C1. The summed E-state index contributed by atoms with van der Waals surface area (Å²) in [4.78, 5) is 6.48. The van der Waals surface area contributed by atoms with Crippen LogP contribution in [-0.4, -0.2) is 54.8 Å². The van der Waals surface area contributed by atoms with Crippen LogP contribution in [0.2, 0.25) is 0 Å². The second-order valence-electron chi connectivity index (χ2n) is 5.05. The molecule has 1 aliphatic rings. The number of hydrogen-bond donors (Lipinski definition) is 2. The van der Waals surface area contributed by atoms with Crippen LogP contribution in [0.1, 0.15) is 20.3 Å². The van der Waals surface area contributed by atoms with Crippen molar-refractivity contribution in [3.05, 3.63) is 18.3 Å². The van der Waals surface area contributed by atoms with Crippen molar-refractivity contribution in [2.75, 3.05) is 31.6 Å². The van der Waals surface area contributed by atoms with Gasteiger partial charge in [-0.15, -0.1) is 0 Å². The summed E-state index contributed by atoms with van der Waals surface area (Å²) in [6.45, 7) is 7.18. The molecule has 0 aliphatic carbocycles. The predicted molar refractivity (Wildman–Crippen MR) is 82.1 cm³/mol. The summed E-state index contributed by atoms with van der Waals surface area (Å²) in [6, 6.07) is 3.39. The zero-order valence-electron chi connectivity index (χ0n) is 12.5. The Bertz CT molecular complexity index is 556. The molecule has 1 aromatic heterocycles. The van der Waals surface area contributed by atoms with Crippen molar-refractivity contribution in [3.8, 4) is 0 Å². The van der Waals surface area contributed by atoms with E-state index in [4.69, 9.17) is 5.84 Å². The van der Waals surface area contributed by atoms with Crippen molar-refractivity contribution < 1.29 is 8.42 Å². The van der Waals surface area contributed by atoms with Gasteiger partial charge in [0.15, 0.2) is 0 Å². The largest absolute Gasteiger partial charge is 0.308 e. The summed E-state index contributed by atoms with van der Waals surface area (Å²) >= 11 is 0. The highest BCUT2D eigenvalue weighted by atomic mass is 32.2. The van der Waals surface area contributed by atoms with Gasteiger partial charge in [-0.1, -0.05) is 13.8 Å². The lowest BCUT2D eigenvalue weighted by Crippen LogP contribution is -2.38. The number of aromatic nitrogens is 1. The lowest BCUT2D eigenvalue weighted by Gasteiger charge is -2.26. The summed E-state index contributed by atoms with van der Waals surface area (Å²) in [7, 11) is -3.47. The third-order valence-electron chi connectivity index (χ3n) is 3.98. The second kappa shape index (κ2) is 6.69. The van der Waals surface area contributed by atoms with Crippen molar-refractivity contribution >= 4 is 15.8 Å². The minimum atomic E-state index is -3.47. The average molecular weight is 313 g/mol. The Balaban J connectivity index is 2.13. The Labute approximate surface area is 126 Å². The van der Waals surface area contributed by atoms with E-state index >= 15 is 0 Å². The number of rotatable bonds is 6. The molecule has 2 rings (SSSR count). The van der Waals surface area contributed by atoms with Crippen molar-refractivity contribution in [3.63, 3.8) is 0 Å². The van der Waals surface area contributed by atoms with Gasteiger partial charge in [0.05, 0.1) is 0 Å². The maximum atomic E-state index is 12.6. The van der Waals surface area contributed by atoms with Gasteiger partial charge in [-0.05, 0) is 31.6 Å². The standard InChI is InChI=1S/C13H23N5O2S/c1-3-17(4-2)11-7-8-18(10-11)21(19,20)12-5-6-13(16-14)15-9-12/h5-6,9,11H,3-4,7-8,10,14H2,1-2H3,(H,15,16). The van der Waals surface area contributed by atoms with Crippen molar-refractivity contribution in [1.29, 1.82) is 0 Å². The monoisotopic (exact) mass is 313 g/mol. The first-order valence-corrected chi connectivity index (χ1v) is 8.63. The third kappa shape index (κ3) is 3.34. The maximum absolute atomic E-state index is 12.6. The van der Waals surface area contributed by atoms with Gasteiger partial charge < -0.3 is 5.43 Å². The highest BCUT2D eigenvalue weighted by molar-refractivity contribution is 7.89. The quantitative estimate of drug-likeness (QED) is 0.586. The Morgan fingerprint density at radius 1 is 1.43 bits per heavy atom. The molecule has 1 atom stereocenters. The molecule has 0 aromatic carbocycles. The molecule has 0 bridgehead atoms. The summed E-state index contributed by atoms with van der Waals surface area (Å²) in [5.74, 6) is 5.68. The van der Waals surface area contributed by atoms with Crippen LogP contribution in [0, 0.1) is 0 Å². The number of anilines is 1. The number of nitrogens with zero attached hydrogens (tertiary/aromatic N) is 3. The Hall–Kier alpha value is -1.22. The number of nitrogens with two attached hydrogens (primary N) is 1. The minimum Gasteiger partial charge on any atom is -0.308 e. The fraction of sp³-hybridized carbons (Fsp3) is 0.615. The van der Waals surface area contributed by atoms with Crippen molar-refractivity contribution in [2.24, 2.45) is 5.84 Å². The van der Waals surface area contributed by atoms with Crippen LogP contribution < -0.4 is 11.3 Å². The number of nitrogen functional groups attached to an aromatic ring is 1. The van der Waals surface area contributed by atoms with Crippen LogP contribution >= 0.6 is 0 Å². The van der Waals surface area contributed by atoms with Crippen LogP contribution in [0.25, 0.3) is 0 Å². The molecule has 0 amide bonds. The van der Waals surface area contributed by atoms with E-state index in [1.165, 1.54) is 12.3 Å². The molecule has 1 aliphatic heterocycles. The Morgan fingerprint density at radius 2 is 2.14 bits per heavy atom.